The zero-order chi connectivity index (χ0) is 14.2. The molecule has 0 spiro atoms. The summed E-state index contributed by atoms with van der Waals surface area (Å²) in [6.07, 6.45) is -2.65. The van der Waals surface area contributed by atoms with Crippen LogP contribution in [0.2, 0.25) is 0 Å². The molecule has 8 nitrogen and oxygen atoms in total. The maximum absolute atomic E-state index is 14.3. The van der Waals surface area contributed by atoms with Gasteiger partial charge >= 0.3 is 5.69 Å². The molecule has 4 N–H and O–H groups in total. The monoisotopic (exact) mass is 274 g/mol. The smallest absolute Gasteiger partial charge is 0.351 e. The van der Waals surface area contributed by atoms with Gasteiger partial charge in [-0.1, -0.05) is 0 Å². The molecule has 2 heterocycles. The fourth-order valence-corrected chi connectivity index (χ4v) is 2.14. The summed E-state index contributed by atoms with van der Waals surface area (Å²) in [6.45, 7) is -0.483. The second kappa shape index (κ2) is 5.21. The lowest BCUT2D eigenvalue weighted by atomic mass is 10.1. The molecule has 2 rings (SSSR count). The number of ether oxygens (including phenoxy) is 1. The number of hydroxylamine groups is 2. The van der Waals surface area contributed by atoms with Gasteiger partial charge in [0.15, 0.2) is 12.4 Å². The maximum Gasteiger partial charge on any atom is 0.351 e. The minimum Gasteiger partial charge on any atom is -0.394 e. The predicted molar refractivity (Wildman–Crippen MR) is 62.1 cm³/mol. The number of aliphatic hydroxyl groups excluding tert-OH is 1. The molecule has 0 amide bonds. The summed E-state index contributed by atoms with van der Waals surface area (Å²) in [7, 11) is 1.25. The molecule has 9 heteroatoms. The average Bonchev–Trinajstić information content (AvgIpc) is 2.66. The van der Waals surface area contributed by atoms with E-state index in [0.29, 0.717) is 5.06 Å². The van der Waals surface area contributed by atoms with Crippen LogP contribution in [-0.2, 0) is 4.74 Å². The lowest BCUT2D eigenvalue weighted by Crippen LogP contribution is -2.43. The molecule has 0 saturated carbocycles. The number of anilines is 1. The van der Waals surface area contributed by atoms with Crippen LogP contribution in [0.25, 0.3) is 0 Å². The Bertz CT molecular complexity index is 509. The number of aromatic nitrogens is 2. The van der Waals surface area contributed by atoms with E-state index in [4.69, 9.17) is 15.6 Å². The maximum atomic E-state index is 14.3. The molecule has 1 aromatic heterocycles. The van der Waals surface area contributed by atoms with Crippen LogP contribution in [0.5, 0.6) is 0 Å². The third kappa shape index (κ3) is 2.45. The topological polar surface area (TPSA) is 114 Å². The van der Waals surface area contributed by atoms with E-state index < -0.39 is 36.8 Å². The van der Waals surface area contributed by atoms with Gasteiger partial charge in [0, 0.05) is 13.2 Å². The van der Waals surface area contributed by atoms with Gasteiger partial charge in [-0.05, 0) is 6.07 Å². The molecule has 19 heavy (non-hydrogen) atoms. The number of rotatable bonds is 3. The van der Waals surface area contributed by atoms with E-state index in [1.54, 1.807) is 0 Å². The Morgan fingerprint density at radius 3 is 2.84 bits per heavy atom. The van der Waals surface area contributed by atoms with Crippen LogP contribution in [-0.4, -0.2) is 56.9 Å². The number of aliphatic hydroxyl groups is 1. The first-order valence-corrected chi connectivity index (χ1v) is 5.62. The van der Waals surface area contributed by atoms with Crippen LogP contribution in [0.15, 0.2) is 17.1 Å². The number of likely N-dealkylation sites (N-methyl/N-ethyl adjacent to an activating group) is 1. The first-order chi connectivity index (χ1) is 8.95. The van der Waals surface area contributed by atoms with Crippen molar-refractivity contribution in [3.8, 4) is 0 Å². The van der Waals surface area contributed by atoms with Gasteiger partial charge in [-0.15, -0.1) is 0 Å². The zero-order valence-electron chi connectivity index (χ0n) is 10.2. The average molecular weight is 274 g/mol. The number of hydrogen-bond donors (Lipinski definition) is 3. The SMILES string of the molecule is CN(O)C1C(CO)OC(n2ccc(N)nc2=O)C1F. The summed E-state index contributed by atoms with van der Waals surface area (Å²) in [5, 5.41) is 19.1. The van der Waals surface area contributed by atoms with Gasteiger partial charge in [-0.3, -0.25) is 4.57 Å². The largest absolute Gasteiger partial charge is 0.394 e. The highest BCUT2D eigenvalue weighted by molar-refractivity contribution is 5.23. The number of hydrogen-bond acceptors (Lipinski definition) is 7. The molecular formula is C10H15FN4O4. The fraction of sp³-hybridized carbons (Fsp3) is 0.600. The number of halogens is 1. The van der Waals surface area contributed by atoms with Crippen LogP contribution in [0.4, 0.5) is 10.2 Å². The van der Waals surface area contributed by atoms with Gasteiger partial charge < -0.3 is 20.8 Å². The van der Waals surface area contributed by atoms with Crippen LogP contribution >= 0.6 is 0 Å². The number of nitrogen functional groups attached to an aromatic ring is 1. The Hall–Kier alpha value is -1.55. The van der Waals surface area contributed by atoms with Crippen molar-refractivity contribution in [3.63, 3.8) is 0 Å². The number of alkyl halides is 1. The molecule has 1 aromatic rings. The van der Waals surface area contributed by atoms with Crippen LogP contribution in [0.1, 0.15) is 6.23 Å². The second-order valence-electron chi connectivity index (χ2n) is 4.30. The highest BCUT2D eigenvalue weighted by Gasteiger charge is 2.48. The van der Waals surface area contributed by atoms with Crippen molar-refractivity contribution < 1.29 is 19.4 Å². The molecule has 4 unspecified atom stereocenters. The highest BCUT2D eigenvalue weighted by Crippen LogP contribution is 2.32. The van der Waals surface area contributed by atoms with Gasteiger partial charge in [0.25, 0.3) is 0 Å². The summed E-state index contributed by atoms with van der Waals surface area (Å²) in [5.41, 5.74) is 4.58. The van der Waals surface area contributed by atoms with Crippen LogP contribution < -0.4 is 11.4 Å². The lowest BCUT2D eigenvalue weighted by Gasteiger charge is -2.22. The molecule has 106 valence electrons. The van der Waals surface area contributed by atoms with E-state index in [1.165, 1.54) is 19.3 Å². The van der Waals surface area contributed by atoms with Gasteiger partial charge in [-0.2, -0.15) is 10.0 Å². The minimum atomic E-state index is -1.70. The Balaban J connectivity index is 2.34. The Kier molecular flexibility index (Phi) is 3.80. The van der Waals surface area contributed by atoms with E-state index in [9.17, 15) is 14.4 Å². The highest BCUT2D eigenvalue weighted by atomic mass is 19.1. The summed E-state index contributed by atoms with van der Waals surface area (Å²) >= 11 is 0. The summed E-state index contributed by atoms with van der Waals surface area (Å²) in [6, 6.07) is 0.265. The predicted octanol–water partition coefficient (Wildman–Crippen LogP) is -1.26. The Labute approximate surface area is 107 Å². The molecular weight excluding hydrogens is 259 g/mol. The van der Waals surface area contributed by atoms with Crippen molar-refractivity contribution in [1.29, 1.82) is 0 Å². The summed E-state index contributed by atoms with van der Waals surface area (Å²) in [4.78, 5) is 15.1. The van der Waals surface area contributed by atoms with E-state index in [2.05, 4.69) is 4.98 Å². The quantitative estimate of drug-likeness (QED) is 0.590. The normalized spacial score (nSPS) is 31.0. The molecule has 0 aliphatic carbocycles. The van der Waals surface area contributed by atoms with Crippen molar-refractivity contribution in [2.75, 3.05) is 19.4 Å². The van der Waals surface area contributed by atoms with Crippen molar-refractivity contribution in [1.82, 2.24) is 14.6 Å². The van der Waals surface area contributed by atoms with Crippen molar-refractivity contribution >= 4 is 5.82 Å². The second-order valence-corrected chi connectivity index (χ2v) is 4.30. The number of nitrogens with two attached hydrogens (primary N) is 1. The molecule has 0 bridgehead atoms. The first kappa shape index (κ1) is 13.9. The van der Waals surface area contributed by atoms with Crippen molar-refractivity contribution in [3.05, 3.63) is 22.7 Å². The van der Waals surface area contributed by atoms with E-state index >= 15 is 0 Å². The lowest BCUT2D eigenvalue weighted by molar-refractivity contribution is -0.134. The van der Waals surface area contributed by atoms with Crippen LogP contribution in [0.3, 0.4) is 0 Å². The summed E-state index contributed by atoms with van der Waals surface area (Å²) < 4.78 is 20.4. The molecule has 4 atom stereocenters. The fourth-order valence-electron chi connectivity index (χ4n) is 2.14. The molecule has 1 saturated heterocycles. The van der Waals surface area contributed by atoms with Gasteiger partial charge in [0.2, 0.25) is 0 Å². The van der Waals surface area contributed by atoms with Gasteiger partial charge in [0.1, 0.15) is 11.9 Å². The van der Waals surface area contributed by atoms with E-state index in [0.717, 1.165) is 4.57 Å². The number of nitrogens with zero attached hydrogens (tertiary/aromatic N) is 3. The Morgan fingerprint density at radius 1 is 1.68 bits per heavy atom. The van der Waals surface area contributed by atoms with E-state index in [1.807, 2.05) is 0 Å². The standard InChI is InChI=1S/C10H15FN4O4/c1-14(18)8-5(4-16)19-9(7(8)11)15-3-2-6(12)13-10(15)17/h2-3,5,7-9,16,18H,4H2,1H3,(H2,12,13,17). The molecule has 1 aliphatic heterocycles. The van der Waals surface area contributed by atoms with E-state index in [-0.39, 0.29) is 5.82 Å². The zero-order valence-corrected chi connectivity index (χ0v) is 10.2. The third-order valence-corrected chi connectivity index (χ3v) is 3.03. The molecule has 1 aliphatic rings. The van der Waals surface area contributed by atoms with Gasteiger partial charge in [-0.25, -0.2) is 9.18 Å². The van der Waals surface area contributed by atoms with Crippen LogP contribution in [0, 0.1) is 0 Å². The first-order valence-electron chi connectivity index (χ1n) is 5.62. The third-order valence-electron chi connectivity index (χ3n) is 3.03. The molecule has 0 aromatic carbocycles. The van der Waals surface area contributed by atoms with Crippen molar-refractivity contribution in [2.45, 2.75) is 24.5 Å². The molecule has 0 radical (unpaired) electrons. The van der Waals surface area contributed by atoms with Gasteiger partial charge in [0.05, 0.1) is 12.6 Å². The summed E-state index contributed by atoms with van der Waals surface area (Å²) in [5.74, 6) is 0.0178. The molecule has 1 fully saturated rings. The minimum absolute atomic E-state index is 0.0178. The van der Waals surface area contributed by atoms with Crippen molar-refractivity contribution in [2.24, 2.45) is 0 Å². The Morgan fingerprint density at radius 2 is 2.37 bits per heavy atom.